The topological polar surface area (TPSA) is 71.1 Å². The Kier molecular flexibility index (Phi) is 5.09. The molecule has 1 N–H and O–H groups in total. The first-order chi connectivity index (χ1) is 8.02. The number of aromatic nitrogens is 3. The van der Waals surface area contributed by atoms with E-state index >= 15 is 0 Å². The molecule has 0 saturated carbocycles. The quantitative estimate of drug-likeness (QED) is 0.796. The van der Waals surface area contributed by atoms with Gasteiger partial charge in [-0.1, -0.05) is 6.92 Å². The zero-order chi connectivity index (χ0) is 12.8. The molecular formula is C11H20N4O2. The summed E-state index contributed by atoms with van der Waals surface area (Å²) in [7, 11) is 3.40. The van der Waals surface area contributed by atoms with Crippen LogP contribution in [-0.2, 0) is 16.1 Å². The molecule has 1 amide bonds. The summed E-state index contributed by atoms with van der Waals surface area (Å²) in [5.74, 6) is 1.70. The largest absolute Gasteiger partial charge is 0.384 e. The summed E-state index contributed by atoms with van der Waals surface area (Å²) in [6.45, 7) is 4.85. The number of carbonyl (C=O) groups excluding carboxylic acids is 1. The highest BCUT2D eigenvalue weighted by Crippen LogP contribution is 2.06. The molecule has 0 spiro atoms. The van der Waals surface area contributed by atoms with Gasteiger partial charge < -0.3 is 9.64 Å². The lowest BCUT2D eigenvalue weighted by Crippen LogP contribution is -2.28. The maximum absolute atomic E-state index is 11.8. The van der Waals surface area contributed by atoms with Crippen LogP contribution in [0.5, 0.6) is 0 Å². The standard InChI is InChI=1S/C11H20N4O2/c1-8(7-17-4)5-11(16)15(3)6-10-12-9(2)13-14-10/h8H,5-7H2,1-4H3,(H,12,13,14). The van der Waals surface area contributed by atoms with E-state index in [1.165, 1.54) is 0 Å². The number of carbonyl (C=O) groups is 1. The third kappa shape index (κ3) is 4.52. The summed E-state index contributed by atoms with van der Waals surface area (Å²) in [6, 6.07) is 0. The van der Waals surface area contributed by atoms with E-state index < -0.39 is 0 Å². The molecule has 0 aliphatic heterocycles. The van der Waals surface area contributed by atoms with Gasteiger partial charge in [0.15, 0.2) is 5.82 Å². The maximum atomic E-state index is 11.8. The molecule has 0 aliphatic carbocycles. The van der Waals surface area contributed by atoms with Crippen LogP contribution >= 0.6 is 0 Å². The zero-order valence-electron chi connectivity index (χ0n) is 10.9. The Bertz CT molecular complexity index is 364. The molecule has 0 aliphatic rings. The second-order valence-electron chi connectivity index (χ2n) is 4.35. The average Bonchev–Trinajstić information content (AvgIpc) is 2.64. The third-order valence-electron chi connectivity index (χ3n) is 2.42. The Labute approximate surface area is 101 Å². The van der Waals surface area contributed by atoms with Gasteiger partial charge in [0, 0.05) is 27.2 Å². The number of aryl methyl sites for hydroxylation is 1. The number of aromatic amines is 1. The van der Waals surface area contributed by atoms with Gasteiger partial charge in [-0.2, -0.15) is 5.10 Å². The van der Waals surface area contributed by atoms with Crippen LogP contribution in [0.1, 0.15) is 25.0 Å². The molecule has 6 heteroatoms. The van der Waals surface area contributed by atoms with Gasteiger partial charge >= 0.3 is 0 Å². The van der Waals surface area contributed by atoms with E-state index in [2.05, 4.69) is 15.2 Å². The van der Waals surface area contributed by atoms with Crippen molar-refractivity contribution in [2.45, 2.75) is 26.8 Å². The smallest absolute Gasteiger partial charge is 0.223 e. The van der Waals surface area contributed by atoms with Gasteiger partial charge in [0.05, 0.1) is 6.54 Å². The van der Waals surface area contributed by atoms with Gasteiger partial charge in [-0.3, -0.25) is 9.89 Å². The normalized spacial score (nSPS) is 12.5. The van der Waals surface area contributed by atoms with E-state index in [0.717, 1.165) is 5.82 Å². The molecule has 0 aromatic carbocycles. The minimum Gasteiger partial charge on any atom is -0.384 e. The van der Waals surface area contributed by atoms with Crippen molar-refractivity contribution < 1.29 is 9.53 Å². The number of rotatable bonds is 6. The van der Waals surface area contributed by atoms with Gasteiger partial charge in [0.1, 0.15) is 5.82 Å². The number of nitrogens with one attached hydrogen (secondary N) is 1. The number of nitrogens with zero attached hydrogens (tertiary/aromatic N) is 3. The van der Waals surface area contributed by atoms with Crippen LogP contribution in [0.3, 0.4) is 0 Å². The van der Waals surface area contributed by atoms with Gasteiger partial charge in [-0.15, -0.1) is 0 Å². The molecule has 96 valence electrons. The fourth-order valence-electron chi connectivity index (χ4n) is 1.56. The molecule has 1 heterocycles. The Hall–Kier alpha value is -1.43. The summed E-state index contributed by atoms with van der Waals surface area (Å²) < 4.78 is 5.01. The minimum absolute atomic E-state index is 0.0806. The highest BCUT2D eigenvalue weighted by molar-refractivity contribution is 5.76. The van der Waals surface area contributed by atoms with Crippen LogP contribution < -0.4 is 0 Å². The van der Waals surface area contributed by atoms with E-state index in [1.54, 1.807) is 19.1 Å². The number of H-pyrrole nitrogens is 1. The van der Waals surface area contributed by atoms with Gasteiger partial charge in [0.25, 0.3) is 0 Å². The first-order valence-electron chi connectivity index (χ1n) is 5.63. The Morgan fingerprint density at radius 2 is 2.29 bits per heavy atom. The molecule has 0 radical (unpaired) electrons. The summed E-state index contributed by atoms with van der Waals surface area (Å²) in [5, 5.41) is 6.75. The Morgan fingerprint density at radius 3 is 2.82 bits per heavy atom. The van der Waals surface area contributed by atoms with E-state index in [1.807, 2.05) is 13.8 Å². The van der Waals surface area contributed by atoms with Crippen molar-refractivity contribution in [3.05, 3.63) is 11.6 Å². The number of hydrogen-bond donors (Lipinski definition) is 1. The molecule has 1 aromatic rings. The second-order valence-corrected chi connectivity index (χ2v) is 4.35. The van der Waals surface area contributed by atoms with Crippen molar-refractivity contribution in [3.8, 4) is 0 Å². The first-order valence-corrected chi connectivity index (χ1v) is 5.63. The molecule has 0 fully saturated rings. The molecule has 0 bridgehead atoms. The van der Waals surface area contributed by atoms with Crippen LogP contribution in [-0.4, -0.2) is 46.8 Å². The molecule has 17 heavy (non-hydrogen) atoms. The van der Waals surface area contributed by atoms with Crippen LogP contribution in [0.2, 0.25) is 0 Å². The van der Waals surface area contributed by atoms with Crippen molar-refractivity contribution in [3.63, 3.8) is 0 Å². The van der Waals surface area contributed by atoms with Gasteiger partial charge in [-0.05, 0) is 12.8 Å². The molecule has 1 aromatic heterocycles. The highest BCUT2D eigenvalue weighted by Gasteiger charge is 2.15. The van der Waals surface area contributed by atoms with Crippen molar-refractivity contribution >= 4 is 5.91 Å². The lowest BCUT2D eigenvalue weighted by molar-refractivity contribution is -0.131. The molecule has 6 nitrogen and oxygen atoms in total. The molecule has 0 saturated heterocycles. The summed E-state index contributed by atoms with van der Waals surface area (Å²) in [6.07, 6.45) is 0.480. The SMILES string of the molecule is COCC(C)CC(=O)N(C)Cc1n[nH]c(C)n1. The molecule has 1 rings (SSSR count). The predicted octanol–water partition coefficient (Wildman–Crippen LogP) is 0.744. The monoisotopic (exact) mass is 240 g/mol. The lowest BCUT2D eigenvalue weighted by Gasteiger charge is -2.17. The van der Waals surface area contributed by atoms with Crippen LogP contribution in [0.4, 0.5) is 0 Å². The average molecular weight is 240 g/mol. The third-order valence-corrected chi connectivity index (χ3v) is 2.42. The fraction of sp³-hybridized carbons (Fsp3) is 0.727. The fourth-order valence-corrected chi connectivity index (χ4v) is 1.56. The number of ether oxygens (including phenoxy) is 1. The zero-order valence-corrected chi connectivity index (χ0v) is 10.9. The molecule has 1 atom stereocenters. The highest BCUT2D eigenvalue weighted by atomic mass is 16.5. The molecular weight excluding hydrogens is 220 g/mol. The van der Waals surface area contributed by atoms with Crippen LogP contribution in [0, 0.1) is 12.8 Å². The minimum atomic E-state index is 0.0806. The summed E-state index contributed by atoms with van der Waals surface area (Å²) in [5.41, 5.74) is 0. The second kappa shape index (κ2) is 6.34. The Morgan fingerprint density at radius 1 is 1.59 bits per heavy atom. The summed E-state index contributed by atoms with van der Waals surface area (Å²) >= 11 is 0. The van der Waals surface area contributed by atoms with Gasteiger partial charge in [0.2, 0.25) is 5.91 Å². The maximum Gasteiger partial charge on any atom is 0.223 e. The van der Waals surface area contributed by atoms with Gasteiger partial charge in [-0.25, -0.2) is 4.98 Å². The summed E-state index contributed by atoms with van der Waals surface area (Å²) in [4.78, 5) is 17.6. The first kappa shape index (κ1) is 13.6. The van der Waals surface area contributed by atoms with Crippen molar-refractivity contribution in [1.29, 1.82) is 0 Å². The molecule has 1 unspecified atom stereocenters. The van der Waals surface area contributed by atoms with E-state index in [9.17, 15) is 4.79 Å². The Balaban J connectivity index is 2.41. The van der Waals surface area contributed by atoms with Crippen molar-refractivity contribution in [1.82, 2.24) is 20.1 Å². The predicted molar refractivity (Wildman–Crippen MR) is 63.3 cm³/mol. The van der Waals surface area contributed by atoms with Crippen LogP contribution in [0.15, 0.2) is 0 Å². The van der Waals surface area contributed by atoms with Crippen molar-refractivity contribution in [2.24, 2.45) is 5.92 Å². The number of amides is 1. The van der Waals surface area contributed by atoms with E-state index in [0.29, 0.717) is 25.4 Å². The number of hydrogen-bond acceptors (Lipinski definition) is 4. The van der Waals surface area contributed by atoms with E-state index in [4.69, 9.17) is 4.74 Å². The number of methoxy groups -OCH3 is 1. The lowest BCUT2D eigenvalue weighted by atomic mass is 10.1. The van der Waals surface area contributed by atoms with Crippen molar-refractivity contribution in [2.75, 3.05) is 20.8 Å². The van der Waals surface area contributed by atoms with E-state index in [-0.39, 0.29) is 11.8 Å². The van der Waals surface area contributed by atoms with Crippen LogP contribution in [0.25, 0.3) is 0 Å².